The predicted molar refractivity (Wildman–Crippen MR) is 78.3 cm³/mol. The van der Waals surface area contributed by atoms with Crippen molar-refractivity contribution in [1.29, 1.82) is 0 Å². The molecule has 0 aliphatic rings. The Balaban J connectivity index is 2.19. The Bertz CT molecular complexity index is 728. The zero-order valence-electron chi connectivity index (χ0n) is 11.5. The maximum absolute atomic E-state index is 12.0. The van der Waals surface area contributed by atoms with Crippen molar-refractivity contribution in [1.82, 2.24) is 9.97 Å². The number of benzene rings is 1. The van der Waals surface area contributed by atoms with Crippen LogP contribution in [0.3, 0.4) is 0 Å². The van der Waals surface area contributed by atoms with Crippen LogP contribution < -0.4 is 11.1 Å². The predicted octanol–water partition coefficient (Wildman–Crippen LogP) is 2.37. The number of carbonyl (C=O) groups excluding carboxylic acids is 1. The van der Waals surface area contributed by atoms with Gasteiger partial charge in [0.05, 0.1) is 11.0 Å². The summed E-state index contributed by atoms with van der Waals surface area (Å²) < 4.78 is 0. The van der Waals surface area contributed by atoms with Crippen LogP contribution in [0.4, 0.5) is 0 Å². The van der Waals surface area contributed by atoms with E-state index >= 15 is 0 Å². The van der Waals surface area contributed by atoms with Gasteiger partial charge in [-0.25, -0.2) is 0 Å². The first-order chi connectivity index (χ1) is 9.61. The van der Waals surface area contributed by atoms with E-state index in [-0.39, 0.29) is 5.78 Å². The van der Waals surface area contributed by atoms with Crippen molar-refractivity contribution in [3.05, 3.63) is 44.5 Å². The first-order valence-corrected chi connectivity index (χ1v) is 6.91. The van der Waals surface area contributed by atoms with Crippen LogP contribution in [0.15, 0.2) is 27.8 Å². The monoisotopic (exact) mass is 274 g/mol. The second-order valence-electron chi connectivity index (χ2n) is 4.90. The van der Waals surface area contributed by atoms with E-state index < -0.39 is 11.1 Å². The van der Waals surface area contributed by atoms with Crippen molar-refractivity contribution in [3.8, 4) is 0 Å². The van der Waals surface area contributed by atoms with Gasteiger partial charge in [-0.1, -0.05) is 26.2 Å². The third-order valence-electron chi connectivity index (χ3n) is 3.30. The van der Waals surface area contributed by atoms with Gasteiger partial charge in [0.1, 0.15) is 0 Å². The molecule has 5 heteroatoms. The zero-order chi connectivity index (χ0) is 14.5. The van der Waals surface area contributed by atoms with E-state index in [2.05, 4.69) is 16.9 Å². The van der Waals surface area contributed by atoms with E-state index in [1.165, 1.54) is 0 Å². The molecule has 0 fully saturated rings. The van der Waals surface area contributed by atoms with E-state index in [4.69, 9.17) is 0 Å². The number of aromatic nitrogens is 2. The molecule has 0 atom stereocenters. The van der Waals surface area contributed by atoms with E-state index in [0.717, 1.165) is 25.7 Å². The van der Waals surface area contributed by atoms with Gasteiger partial charge in [0.25, 0.3) is 0 Å². The second kappa shape index (κ2) is 6.32. The summed E-state index contributed by atoms with van der Waals surface area (Å²) in [6.07, 6.45) is 4.73. The third kappa shape index (κ3) is 3.23. The minimum atomic E-state index is -0.704. The van der Waals surface area contributed by atoms with Crippen molar-refractivity contribution in [2.75, 3.05) is 0 Å². The molecule has 0 radical (unpaired) electrons. The number of Topliss-reactive ketones (excluding diaryl/α,β-unsaturated/α-hetero) is 1. The number of carbonyl (C=O) groups is 1. The summed E-state index contributed by atoms with van der Waals surface area (Å²) >= 11 is 0. The van der Waals surface area contributed by atoms with Crippen molar-refractivity contribution in [2.45, 2.75) is 39.0 Å². The number of rotatable bonds is 6. The van der Waals surface area contributed by atoms with Crippen LogP contribution in [-0.2, 0) is 0 Å². The molecule has 0 unspecified atom stereocenters. The Labute approximate surface area is 116 Å². The molecule has 0 spiro atoms. The Hall–Kier alpha value is -2.17. The SMILES string of the molecule is CCCCCCC(=O)c1ccc2[nH]c(=O)c(=O)[nH]c2c1. The van der Waals surface area contributed by atoms with Crippen LogP contribution >= 0.6 is 0 Å². The van der Waals surface area contributed by atoms with Crippen LogP contribution in [0.5, 0.6) is 0 Å². The molecule has 1 heterocycles. The molecule has 106 valence electrons. The Morgan fingerprint density at radius 2 is 1.70 bits per heavy atom. The average Bonchev–Trinajstić information content (AvgIpc) is 2.44. The van der Waals surface area contributed by atoms with Gasteiger partial charge in [0.15, 0.2) is 5.78 Å². The fourth-order valence-corrected chi connectivity index (χ4v) is 2.14. The molecule has 0 amide bonds. The molecule has 0 saturated carbocycles. The molecule has 2 rings (SSSR count). The van der Waals surface area contributed by atoms with Crippen LogP contribution in [0.1, 0.15) is 49.4 Å². The number of hydrogen-bond donors (Lipinski definition) is 2. The van der Waals surface area contributed by atoms with Gasteiger partial charge in [0.2, 0.25) is 0 Å². The molecule has 5 nitrogen and oxygen atoms in total. The van der Waals surface area contributed by atoms with Gasteiger partial charge in [0, 0.05) is 12.0 Å². The lowest BCUT2D eigenvalue weighted by molar-refractivity contribution is 0.0979. The molecule has 1 aromatic carbocycles. The number of fused-ring (bicyclic) bond motifs is 1. The molecule has 2 N–H and O–H groups in total. The number of nitrogens with one attached hydrogen (secondary N) is 2. The van der Waals surface area contributed by atoms with Gasteiger partial charge in [-0.2, -0.15) is 0 Å². The lowest BCUT2D eigenvalue weighted by Crippen LogP contribution is -2.28. The van der Waals surface area contributed by atoms with Gasteiger partial charge < -0.3 is 9.97 Å². The van der Waals surface area contributed by atoms with Crippen LogP contribution in [0, 0.1) is 0 Å². The van der Waals surface area contributed by atoms with Crippen LogP contribution in [-0.4, -0.2) is 15.8 Å². The summed E-state index contributed by atoms with van der Waals surface area (Å²) in [4.78, 5) is 39.5. The Morgan fingerprint density at radius 3 is 2.40 bits per heavy atom. The fraction of sp³-hybridized carbons (Fsp3) is 0.400. The smallest absolute Gasteiger partial charge is 0.314 e. The molecule has 20 heavy (non-hydrogen) atoms. The molecule has 0 aliphatic carbocycles. The lowest BCUT2D eigenvalue weighted by atomic mass is 10.0. The van der Waals surface area contributed by atoms with Gasteiger partial charge in [-0.3, -0.25) is 14.4 Å². The number of hydrogen-bond acceptors (Lipinski definition) is 3. The van der Waals surface area contributed by atoms with Crippen molar-refractivity contribution in [2.24, 2.45) is 0 Å². The molecule has 0 bridgehead atoms. The minimum absolute atomic E-state index is 0.0649. The normalized spacial score (nSPS) is 10.8. The summed E-state index contributed by atoms with van der Waals surface area (Å²) in [6, 6.07) is 4.94. The number of ketones is 1. The maximum Gasteiger partial charge on any atom is 0.314 e. The van der Waals surface area contributed by atoms with Gasteiger partial charge >= 0.3 is 11.1 Å². The summed E-state index contributed by atoms with van der Waals surface area (Å²) in [5.74, 6) is 0.0649. The van der Waals surface area contributed by atoms with Crippen molar-refractivity contribution < 1.29 is 4.79 Å². The first kappa shape index (κ1) is 14.2. The van der Waals surface area contributed by atoms with E-state index in [1.54, 1.807) is 18.2 Å². The Kier molecular flexibility index (Phi) is 4.50. The van der Waals surface area contributed by atoms with E-state index in [9.17, 15) is 14.4 Å². The minimum Gasteiger partial charge on any atom is -0.316 e. The standard InChI is InChI=1S/C15H18N2O3/c1-2-3-4-5-6-13(18)10-7-8-11-12(9-10)17-15(20)14(19)16-11/h7-9H,2-6H2,1H3,(H,16,19)(H,17,20). The summed E-state index contributed by atoms with van der Waals surface area (Å²) in [6.45, 7) is 2.13. The first-order valence-electron chi connectivity index (χ1n) is 6.91. The van der Waals surface area contributed by atoms with Gasteiger partial charge in [-0.05, 0) is 24.6 Å². The highest BCUT2D eigenvalue weighted by Gasteiger charge is 2.07. The summed E-state index contributed by atoms with van der Waals surface area (Å²) in [5, 5.41) is 0. The van der Waals surface area contributed by atoms with E-state index in [1.807, 2.05) is 0 Å². The van der Waals surface area contributed by atoms with Gasteiger partial charge in [-0.15, -0.1) is 0 Å². The second-order valence-corrected chi connectivity index (χ2v) is 4.90. The largest absolute Gasteiger partial charge is 0.316 e. The highest BCUT2D eigenvalue weighted by molar-refractivity contribution is 5.98. The number of H-pyrrole nitrogens is 2. The zero-order valence-corrected chi connectivity index (χ0v) is 11.5. The average molecular weight is 274 g/mol. The highest BCUT2D eigenvalue weighted by atomic mass is 16.2. The fourth-order valence-electron chi connectivity index (χ4n) is 2.14. The summed E-state index contributed by atoms with van der Waals surface area (Å²) in [5.41, 5.74) is 0.184. The molecule has 2 aromatic rings. The number of aromatic amines is 2. The molecular weight excluding hydrogens is 256 g/mol. The highest BCUT2D eigenvalue weighted by Crippen LogP contribution is 2.13. The molecule has 0 aliphatic heterocycles. The molecular formula is C15H18N2O3. The molecule has 1 aromatic heterocycles. The quantitative estimate of drug-likeness (QED) is 0.482. The Morgan fingerprint density at radius 1 is 1.00 bits per heavy atom. The number of unbranched alkanes of at least 4 members (excludes halogenated alkanes) is 3. The lowest BCUT2D eigenvalue weighted by Gasteiger charge is -2.03. The van der Waals surface area contributed by atoms with E-state index in [0.29, 0.717) is 23.0 Å². The third-order valence-corrected chi connectivity index (χ3v) is 3.30. The van der Waals surface area contributed by atoms with Crippen molar-refractivity contribution >= 4 is 16.8 Å². The van der Waals surface area contributed by atoms with Crippen molar-refractivity contribution in [3.63, 3.8) is 0 Å². The molecule has 0 saturated heterocycles. The maximum atomic E-state index is 12.0. The summed E-state index contributed by atoms with van der Waals surface area (Å²) in [7, 11) is 0. The van der Waals surface area contributed by atoms with Crippen LogP contribution in [0.25, 0.3) is 11.0 Å². The topological polar surface area (TPSA) is 82.8 Å². The van der Waals surface area contributed by atoms with Crippen LogP contribution in [0.2, 0.25) is 0 Å².